The average molecular weight is 378 g/mol. The molecule has 0 saturated heterocycles. The number of amides is 1. The number of carbonyl (C=O) groups is 1. The van der Waals surface area contributed by atoms with E-state index < -0.39 is 4.92 Å². The second-order valence-corrected chi connectivity index (χ2v) is 5.99. The van der Waals surface area contributed by atoms with Crippen molar-refractivity contribution in [2.24, 2.45) is 0 Å². The molecule has 0 radical (unpaired) electrons. The summed E-state index contributed by atoms with van der Waals surface area (Å²) >= 11 is 10.9. The van der Waals surface area contributed by atoms with Crippen LogP contribution in [0.5, 0.6) is 0 Å². The predicted molar refractivity (Wildman–Crippen MR) is 96.4 cm³/mol. The Bertz CT molecular complexity index is 1030. The highest BCUT2D eigenvalue weighted by molar-refractivity contribution is 7.71. The zero-order chi connectivity index (χ0) is 18.0. The Balaban J connectivity index is 1.74. The van der Waals surface area contributed by atoms with E-state index >= 15 is 0 Å². The largest absolute Gasteiger partial charge is 0.429 e. The lowest BCUT2D eigenvalue weighted by atomic mass is 10.2. The lowest BCUT2D eigenvalue weighted by Gasteiger charge is -2.07. The van der Waals surface area contributed by atoms with Crippen LogP contribution in [-0.4, -0.2) is 15.4 Å². The van der Waals surface area contributed by atoms with Crippen molar-refractivity contribution in [3.05, 3.63) is 62.4 Å². The van der Waals surface area contributed by atoms with Gasteiger partial charge in [0, 0.05) is 24.1 Å². The number of halogens is 1. The summed E-state index contributed by atoms with van der Waals surface area (Å²) in [6, 6.07) is 11.4. The normalized spacial score (nSPS) is 10.8. The third-order valence-corrected chi connectivity index (χ3v) is 4.11. The van der Waals surface area contributed by atoms with Gasteiger partial charge in [-0.2, -0.15) is 0 Å². The van der Waals surface area contributed by atoms with Gasteiger partial charge in [-0.25, -0.2) is 0 Å². The van der Waals surface area contributed by atoms with Gasteiger partial charge in [0.15, 0.2) is 5.58 Å². The van der Waals surface area contributed by atoms with E-state index in [1.54, 1.807) is 10.6 Å². The molecule has 0 unspecified atom stereocenters. The first-order valence-electron chi connectivity index (χ1n) is 7.28. The van der Waals surface area contributed by atoms with Gasteiger partial charge in [0.2, 0.25) is 5.91 Å². The summed E-state index contributed by atoms with van der Waals surface area (Å²) < 4.78 is 7.16. The van der Waals surface area contributed by atoms with Gasteiger partial charge in [0.05, 0.1) is 10.4 Å². The van der Waals surface area contributed by atoms with Gasteiger partial charge in [0.25, 0.3) is 10.5 Å². The van der Waals surface area contributed by atoms with Crippen molar-refractivity contribution in [1.82, 2.24) is 4.57 Å². The number of fused-ring (bicyclic) bond motifs is 1. The third kappa shape index (κ3) is 3.70. The highest BCUT2D eigenvalue weighted by Gasteiger charge is 2.17. The first kappa shape index (κ1) is 17.1. The molecular formula is C16H12ClN3O4S. The van der Waals surface area contributed by atoms with Crippen LogP contribution in [-0.2, 0) is 11.3 Å². The predicted octanol–water partition coefficient (Wildman–Crippen LogP) is 4.55. The van der Waals surface area contributed by atoms with Crippen molar-refractivity contribution >= 4 is 52.2 Å². The molecule has 0 saturated carbocycles. The van der Waals surface area contributed by atoms with E-state index in [2.05, 4.69) is 5.32 Å². The number of anilines is 1. The molecule has 1 heterocycles. The Kier molecular flexibility index (Phi) is 4.82. The van der Waals surface area contributed by atoms with Gasteiger partial charge in [-0.3, -0.25) is 19.5 Å². The van der Waals surface area contributed by atoms with E-state index in [1.807, 2.05) is 18.2 Å². The number of hydrogen-bond donors (Lipinski definition) is 1. The third-order valence-electron chi connectivity index (χ3n) is 3.57. The van der Waals surface area contributed by atoms with Crippen molar-refractivity contribution in [1.29, 1.82) is 0 Å². The highest BCUT2D eigenvalue weighted by Crippen LogP contribution is 2.28. The molecule has 0 aliphatic rings. The van der Waals surface area contributed by atoms with E-state index in [0.29, 0.717) is 12.1 Å². The molecule has 0 bridgehead atoms. The fraction of sp³-hybridized carbons (Fsp3) is 0.125. The molecule has 0 atom stereocenters. The molecule has 0 spiro atoms. The van der Waals surface area contributed by atoms with Gasteiger partial charge in [-0.1, -0.05) is 23.7 Å². The molecule has 1 N–H and O–H groups in total. The number of nitro benzene ring substituents is 1. The van der Waals surface area contributed by atoms with Gasteiger partial charge in [0.1, 0.15) is 5.69 Å². The molecule has 0 aliphatic heterocycles. The lowest BCUT2D eigenvalue weighted by Crippen LogP contribution is -2.15. The molecule has 25 heavy (non-hydrogen) atoms. The summed E-state index contributed by atoms with van der Waals surface area (Å²) in [5, 5.41) is 13.8. The van der Waals surface area contributed by atoms with Crippen molar-refractivity contribution in [3.8, 4) is 0 Å². The van der Waals surface area contributed by atoms with Gasteiger partial charge in [-0.05, 0) is 36.5 Å². The van der Waals surface area contributed by atoms with E-state index in [1.165, 1.54) is 18.2 Å². The van der Waals surface area contributed by atoms with Crippen molar-refractivity contribution < 1.29 is 14.1 Å². The molecule has 128 valence electrons. The standard InChI is InChI=1S/C16H12ClN3O4S/c17-10-5-6-11(13(9-10)20(22)23)18-15(21)7-8-19-12-3-1-2-4-14(12)24-16(19)25/h1-6,9H,7-8H2,(H,18,21). The number of oxazole rings is 1. The van der Waals surface area contributed by atoms with Crippen LogP contribution in [0, 0.1) is 15.0 Å². The van der Waals surface area contributed by atoms with Crippen LogP contribution in [0.25, 0.3) is 11.1 Å². The van der Waals surface area contributed by atoms with Crippen LogP contribution in [0.2, 0.25) is 5.02 Å². The first-order valence-corrected chi connectivity index (χ1v) is 8.06. The molecule has 2 aromatic carbocycles. The molecule has 7 nitrogen and oxygen atoms in total. The Hall–Kier alpha value is -2.71. The summed E-state index contributed by atoms with van der Waals surface area (Å²) in [5.74, 6) is -0.377. The summed E-state index contributed by atoms with van der Waals surface area (Å²) in [7, 11) is 0. The summed E-state index contributed by atoms with van der Waals surface area (Å²) in [6.45, 7) is 0.295. The molecule has 3 rings (SSSR count). The van der Waals surface area contributed by atoms with E-state index in [0.717, 1.165) is 5.52 Å². The van der Waals surface area contributed by atoms with Crippen LogP contribution in [0.15, 0.2) is 46.9 Å². The number of benzene rings is 2. The number of para-hydroxylation sites is 2. The highest BCUT2D eigenvalue weighted by atomic mass is 35.5. The topological polar surface area (TPSA) is 90.3 Å². The summed E-state index contributed by atoms with van der Waals surface area (Å²) in [5.41, 5.74) is 1.27. The minimum absolute atomic E-state index is 0.0810. The fourth-order valence-electron chi connectivity index (χ4n) is 2.41. The average Bonchev–Trinajstić information content (AvgIpc) is 2.89. The SMILES string of the molecule is O=C(CCn1c(=S)oc2ccccc21)Nc1ccc(Cl)cc1[N+](=O)[O-]. The maximum atomic E-state index is 12.2. The maximum Gasteiger partial charge on any atom is 0.294 e. The minimum Gasteiger partial charge on any atom is -0.429 e. The molecule has 1 amide bonds. The number of nitrogens with one attached hydrogen (secondary N) is 1. The number of hydrogen-bond acceptors (Lipinski definition) is 5. The molecular weight excluding hydrogens is 366 g/mol. The van der Waals surface area contributed by atoms with E-state index in [4.69, 9.17) is 28.2 Å². The van der Waals surface area contributed by atoms with Crippen LogP contribution < -0.4 is 5.32 Å². The molecule has 0 fully saturated rings. The quantitative estimate of drug-likeness (QED) is 0.400. The van der Waals surface area contributed by atoms with Gasteiger partial charge in [-0.15, -0.1) is 0 Å². The Labute approximate surface area is 152 Å². The maximum absolute atomic E-state index is 12.2. The Morgan fingerprint density at radius 2 is 2.08 bits per heavy atom. The number of aromatic nitrogens is 1. The van der Waals surface area contributed by atoms with Crippen LogP contribution in [0.1, 0.15) is 6.42 Å². The van der Waals surface area contributed by atoms with E-state index in [9.17, 15) is 14.9 Å². The van der Waals surface area contributed by atoms with E-state index in [-0.39, 0.29) is 33.6 Å². The van der Waals surface area contributed by atoms with Crippen molar-refractivity contribution in [2.75, 3.05) is 5.32 Å². The van der Waals surface area contributed by atoms with Crippen molar-refractivity contribution in [2.45, 2.75) is 13.0 Å². The second-order valence-electron chi connectivity index (χ2n) is 5.20. The molecule has 3 aromatic rings. The number of nitrogens with zero attached hydrogens (tertiary/aromatic N) is 2. The first-order chi connectivity index (χ1) is 12.0. The van der Waals surface area contributed by atoms with Gasteiger partial charge >= 0.3 is 0 Å². The zero-order valence-corrected chi connectivity index (χ0v) is 14.3. The van der Waals surface area contributed by atoms with Crippen LogP contribution >= 0.6 is 23.8 Å². The van der Waals surface area contributed by atoms with Crippen LogP contribution in [0.4, 0.5) is 11.4 Å². The van der Waals surface area contributed by atoms with Crippen LogP contribution in [0.3, 0.4) is 0 Å². The molecule has 0 aliphatic carbocycles. The number of rotatable bonds is 5. The summed E-state index contributed by atoms with van der Waals surface area (Å²) in [4.78, 5) is 22.9. The number of nitro groups is 1. The monoisotopic (exact) mass is 377 g/mol. The Morgan fingerprint density at radius 1 is 1.32 bits per heavy atom. The van der Waals surface area contributed by atoms with Crippen molar-refractivity contribution in [3.63, 3.8) is 0 Å². The second kappa shape index (κ2) is 7.04. The fourth-order valence-corrected chi connectivity index (χ4v) is 2.86. The summed E-state index contributed by atoms with van der Waals surface area (Å²) in [6.07, 6.45) is 0.0810. The minimum atomic E-state index is -0.596. The lowest BCUT2D eigenvalue weighted by molar-refractivity contribution is -0.383. The molecule has 9 heteroatoms. The zero-order valence-electron chi connectivity index (χ0n) is 12.8. The number of aryl methyl sites for hydroxylation is 1. The van der Waals surface area contributed by atoms with Gasteiger partial charge < -0.3 is 9.73 Å². The number of carbonyl (C=O) groups excluding carboxylic acids is 1. The molecule has 1 aromatic heterocycles. The Morgan fingerprint density at radius 3 is 2.84 bits per heavy atom. The smallest absolute Gasteiger partial charge is 0.294 e.